The highest BCUT2D eigenvalue weighted by atomic mass is 32.1. The van der Waals surface area contributed by atoms with E-state index in [4.69, 9.17) is 4.74 Å². The van der Waals surface area contributed by atoms with E-state index < -0.39 is 0 Å². The Hall–Kier alpha value is -2.73. The molecular formula is C23H23FN2O2S. The summed E-state index contributed by atoms with van der Waals surface area (Å²) in [6.45, 7) is 2.62. The molecule has 29 heavy (non-hydrogen) atoms. The first kappa shape index (κ1) is 19.6. The van der Waals surface area contributed by atoms with Gasteiger partial charge in [-0.1, -0.05) is 24.3 Å². The smallest absolute Gasteiger partial charge is 0.266 e. The van der Waals surface area contributed by atoms with E-state index >= 15 is 0 Å². The largest absolute Gasteiger partial charge is 0.497 e. The van der Waals surface area contributed by atoms with Crippen LogP contribution in [-0.4, -0.2) is 29.4 Å². The topological polar surface area (TPSA) is 42.4 Å². The molecule has 0 unspecified atom stereocenters. The summed E-state index contributed by atoms with van der Waals surface area (Å²) in [6.07, 6.45) is 2.52. The minimum Gasteiger partial charge on any atom is -0.497 e. The maximum absolute atomic E-state index is 13.3. The summed E-state index contributed by atoms with van der Waals surface area (Å²) >= 11 is 1.44. The molecule has 0 aliphatic carbocycles. The van der Waals surface area contributed by atoms with Crippen LogP contribution in [0.3, 0.4) is 0 Å². The van der Waals surface area contributed by atoms with Crippen LogP contribution in [0.5, 0.6) is 5.75 Å². The minimum atomic E-state index is -0.252. The van der Waals surface area contributed by atoms with E-state index in [0.29, 0.717) is 11.3 Å². The summed E-state index contributed by atoms with van der Waals surface area (Å²) in [4.78, 5) is 20.6. The molecule has 1 amide bonds. The average molecular weight is 411 g/mol. The van der Waals surface area contributed by atoms with Crippen molar-refractivity contribution >= 4 is 17.2 Å². The number of halogens is 1. The molecule has 0 radical (unpaired) electrons. The molecule has 2 heterocycles. The number of amides is 1. The van der Waals surface area contributed by atoms with Gasteiger partial charge < -0.3 is 9.64 Å². The monoisotopic (exact) mass is 410 g/mol. The van der Waals surface area contributed by atoms with Gasteiger partial charge in [0, 0.05) is 13.0 Å². The summed E-state index contributed by atoms with van der Waals surface area (Å²) in [7, 11) is 1.65. The van der Waals surface area contributed by atoms with Crippen LogP contribution in [0.4, 0.5) is 4.39 Å². The zero-order valence-electron chi connectivity index (χ0n) is 16.5. The fourth-order valence-electron chi connectivity index (χ4n) is 3.84. The Kier molecular flexibility index (Phi) is 5.62. The van der Waals surface area contributed by atoms with Crippen LogP contribution < -0.4 is 4.74 Å². The number of ether oxygens (including phenoxy) is 1. The van der Waals surface area contributed by atoms with Crippen molar-refractivity contribution in [3.63, 3.8) is 0 Å². The second kappa shape index (κ2) is 8.33. The van der Waals surface area contributed by atoms with Crippen molar-refractivity contribution in [3.05, 3.63) is 81.1 Å². The highest BCUT2D eigenvalue weighted by Crippen LogP contribution is 2.36. The molecule has 0 N–H and O–H groups in total. The van der Waals surface area contributed by atoms with Crippen LogP contribution in [-0.2, 0) is 6.42 Å². The van der Waals surface area contributed by atoms with Crippen LogP contribution >= 0.6 is 11.3 Å². The lowest BCUT2D eigenvalue weighted by Gasteiger charge is -2.25. The molecule has 0 bridgehead atoms. The van der Waals surface area contributed by atoms with Crippen molar-refractivity contribution in [3.8, 4) is 5.75 Å². The number of likely N-dealkylation sites (tertiary alicyclic amines) is 1. The van der Waals surface area contributed by atoms with Gasteiger partial charge in [-0.25, -0.2) is 9.37 Å². The highest BCUT2D eigenvalue weighted by molar-refractivity contribution is 7.13. The molecule has 1 aromatic heterocycles. The first-order chi connectivity index (χ1) is 14.0. The Bertz CT molecular complexity index is 1020. The molecule has 4 rings (SSSR count). The summed E-state index contributed by atoms with van der Waals surface area (Å²) in [5, 5.41) is 0.870. The van der Waals surface area contributed by atoms with Crippen molar-refractivity contribution in [1.82, 2.24) is 9.88 Å². The standard InChI is InChI=1S/C23H23FN2O2S/c1-15-22(29-21(25-15)13-16-8-10-18(24)11-9-16)23(27)26-12-4-7-20(26)17-5-3-6-19(14-17)28-2/h3,5-6,8-11,14,20H,4,7,12-13H2,1-2H3/t20-/m1/s1. The fourth-order valence-corrected chi connectivity index (χ4v) is 4.89. The molecule has 2 aromatic carbocycles. The number of carbonyl (C=O) groups excluding carboxylic acids is 1. The first-order valence-corrected chi connectivity index (χ1v) is 10.5. The molecule has 1 aliphatic rings. The van der Waals surface area contributed by atoms with Crippen LogP contribution in [0.25, 0.3) is 0 Å². The van der Waals surface area contributed by atoms with Gasteiger partial charge in [-0.05, 0) is 55.2 Å². The lowest BCUT2D eigenvalue weighted by molar-refractivity contribution is 0.0739. The summed E-state index contributed by atoms with van der Waals surface area (Å²) in [5.74, 6) is 0.589. The number of rotatable bonds is 5. The number of aromatic nitrogens is 1. The molecule has 0 saturated carbocycles. The van der Waals surface area contributed by atoms with Gasteiger partial charge >= 0.3 is 0 Å². The van der Waals surface area contributed by atoms with E-state index in [1.807, 2.05) is 30.0 Å². The van der Waals surface area contributed by atoms with Gasteiger partial charge in [0.05, 0.1) is 23.9 Å². The third-order valence-electron chi connectivity index (χ3n) is 5.30. The Balaban J connectivity index is 1.55. The van der Waals surface area contributed by atoms with E-state index in [0.717, 1.165) is 47.0 Å². The number of benzene rings is 2. The van der Waals surface area contributed by atoms with Gasteiger partial charge in [0.15, 0.2) is 0 Å². The number of hydrogen-bond acceptors (Lipinski definition) is 4. The SMILES string of the molecule is COc1cccc([C@H]2CCCN2C(=O)c2sc(Cc3ccc(F)cc3)nc2C)c1. The van der Waals surface area contributed by atoms with Crippen molar-refractivity contribution in [1.29, 1.82) is 0 Å². The van der Waals surface area contributed by atoms with Crippen LogP contribution in [0.2, 0.25) is 0 Å². The van der Waals surface area contributed by atoms with E-state index in [9.17, 15) is 9.18 Å². The number of thiazole rings is 1. The predicted molar refractivity (Wildman–Crippen MR) is 112 cm³/mol. The Labute approximate surface area is 174 Å². The van der Waals surface area contributed by atoms with Gasteiger partial charge in [0.25, 0.3) is 5.91 Å². The Morgan fingerprint density at radius 3 is 2.83 bits per heavy atom. The molecule has 3 aromatic rings. The van der Waals surface area contributed by atoms with Gasteiger partial charge in [-0.3, -0.25) is 4.79 Å². The maximum Gasteiger partial charge on any atom is 0.266 e. The normalized spacial score (nSPS) is 16.2. The van der Waals surface area contributed by atoms with Crippen LogP contribution in [0.15, 0.2) is 48.5 Å². The van der Waals surface area contributed by atoms with Gasteiger partial charge in [0.2, 0.25) is 0 Å². The van der Waals surface area contributed by atoms with Crippen molar-refractivity contribution in [2.75, 3.05) is 13.7 Å². The molecule has 0 spiro atoms. The van der Waals surface area contributed by atoms with Crippen LogP contribution in [0.1, 0.15) is 50.4 Å². The maximum atomic E-state index is 13.3. The zero-order chi connectivity index (χ0) is 20.4. The zero-order valence-corrected chi connectivity index (χ0v) is 17.3. The summed E-state index contributed by atoms with van der Waals surface area (Å²) in [6, 6.07) is 14.4. The number of aryl methyl sites for hydroxylation is 1. The van der Waals surface area contributed by atoms with E-state index in [1.165, 1.54) is 23.5 Å². The highest BCUT2D eigenvalue weighted by Gasteiger charge is 2.32. The number of hydrogen-bond donors (Lipinski definition) is 0. The molecule has 6 heteroatoms. The molecule has 1 atom stereocenters. The van der Waals surface area contributed by atoms with Gasteiger partial charge in [-0.15, -0.1) is 11.3 Å². The quantitative estimate of drug-likeness (QED) is 0.583. The van der Waals surface area contributed by atoms with E-state index in [-0.39, 0.29) is 17.8 Å². The second-order valence-electron chi connectivity index (χ2n) is 7.26. The molecule has 1 aliphatic heterocycles. The van der Waals surface area contributed by atoms with Gasteiger partial charge in [-0.2, -0.15) is 0 Å². The number of nitrogens with zero attached hydrogens (tertiary/aromatic N) is 2. The molecule has 1 fully saturated rings. The number of methoxy groups -OCH3 is 1. The minimum absolute atomic E-state index is 0.0377. The lowest BCUT2D eigenvalue weighted by atomic mass is 10.0. The Morgan fingerprint density at radius 1 is 1.28 bits per heavy atom. The van der Waals surface area contributed by atoms with Crippen molar-refractivity contribution in [2.45, 2.75) is 32.2 Å². The number of carbonyl (C=O) groups is 1. The Morgan fingerprint density at radius 2 is 2.07 bits per heavy atom. The molecule has 150 valence electrons. The molecular weight excluding hydrogens is 387 g/mol. The lowest BCUT2D eigenvalue weighted by Crippen LogP contribution is -2.30. The summed E-state index contributed by atoms with van der Waals surface area (Å²) in [5.41, 5.74) is 2.84. The second-order valence-corrected chi connectivity index (χ2v) is 8.34. The predicted octanol–water partition coefficient (Wildman–Crippen LogP) is 5.17. The first-order valence-electron chi connectivity index (χ1n) is 9.71. The molecule has 1 saturated heterocycles. The van der Waals surface area contributed by atoms with Crippen molar-refractivity contribution in [2.24, 2.45) is 0 Å². The average Bonchev–Trinajstić information content (AvgIpc) is 3.36. The van der Waals surface area contributed by atoms with E-state index in [2.05, 4.69) is 11.1 Å². The molecule has 4 nitrogen and oxygen atoms in total. The van der Waals surface area contributed by atoms with Crippen LogP contribution in [0, 0.1) is 12.7 Å². The van der Waals surface area contributed by atoms with Crippen molar-refractivity contribution < 1.29 is 13.9 Å². The van der Waals surface area contributed by atoms with Gasteiger partial charge in [0.1, 0.15) is 16.4 Å². The third kappa shape index (κ3) is 4.17. The third-order valence-corrected chi connectivity index (χ3v) is 6.44. The summed E-state index contributed by atoms with van der Waals surface area (Å²) < 4.78 is 18.5. The fraction of sp³-hybridized carbons (Fsp3) is 0.304. The van der Waals surface area contributed by atoms with E-state index in [1.54, 1.807) is 19.2 Å².